The lowest BCUT2D eigenvalue weighted by Crippen LogP contribution is -2.48. The lowest BCUT2D eigenvalue weighted by molar-refractivity contribution is -0.0699. The van der Waals surface area contributed by atoms with Gasteiger partial charge in [0.1, 0.15) is 0 Å². The van der Waals surface area contributed by atoms with Crippen molar-refractivity contribution < 1.29 is 14.2 Å². The molecule has 1 fully saturated rings. The summed E-state index contributed by atoms with van der Waals surface area (Å²) in [4.78, 5) is 0. The van der Waals surface area contributed by atoms with Crippen LogP contribution in [0, 0.1) is 0 Å². The molecule has 0 aromatic carbocycles. The molecular formula is C12H25NO3. The number of rotatable bonds is 10. The molecule has 0 saturated heterocycles. The maximum absolute atomic E-state index is 5.51. The van der Waals surface area contributed by atoms with Crippen molar-refractivity contribution in [1.82, 2.24) is 5.32 Å². The first-order chi connectivity index (χ1) is 7.83. The van der Waals surface area contributed by atoms with Gasteiger partial charge in [-0.25, -0.2) is 0 Å². The minimum Gasteiger partial charge on any atom is -0.385 e. The van der Waals surface area contributed by atoms with Gasteiger partial charge in [0.05, 0.1) is 12.2 Å². The summed E-state index contributed by atoms with van der Waals surface area (Å²) in [5.74, 6) is 0. The summed E-state index contributed by atoms with van der Waals surface area (Å²) in [6, 6.07) is 0. The van der Waals surface area contributed by atoms with Crippen LogP contribution in [0.4, 0.5) is 0 Å². The van der Waals surface area contributed by atoms with Crippen LogP contribution in [0.25, 0.3) is 0 Å². The summed E-state index contributed by atoms with van der Waals surface area (Å²) in [5, 5.41) is 3.39. The van der Waals surface area contributed by atoms with Crippen molar-refractivity contribution in [3.8, 4) is 0 Å². The van der Waals surface area contributed by atoms with Crippen LogP contribution in [0.15, 0.2) is 0 Å². The molecule has 0 radical (unpaired) electrons. The molecule has 16 heavy (non-hydrogen) atoms. The van der Waals surface area contributed by atoms with Crippen molar-refractivity contribution in [3.63, 3.8) is 0 Å². The molecule has 96 valence electrons. The van der Waals surface area contributed by atoms with Crippen LogP contribution >= 0.6 is 0 Å². The highest BCUT2D eigenvalue weighted by molar-refractivity contribution is 4.91. The van der Waals surface area contributed by atoms with Gasteiger partial charge in [0.2, 0.25) is 0 Å². The van der Waals surface area contributed by atoms with E-state index in [-0.39, 0.29) is 5.60 Å². The van der Waals surface area contributed by atoms with Crippen LogP contribution in [-0.2, 0) is 14.2 Å². The van der Waals surface area contributed by atoms with E-state index in [4.69, 9.17) is 14.2 Å². The zero-order chi connectivity index (χ0) is 11.7. The second-order valence-electron chi connectivity index (χ2n) is 4.38. The van der Waals surface area contributed by atoms with Gasteiger partial charge in [-0.1, -0.05) is 0 Å². The first-order valence-electron chi connectivity index (χ1n) is 6.15. The van der Waals surface area contributed by atoms with E-state index < -0.39 is 0 Å². The van der Waals surface area contributed by atoms with Crippen molar-refractivity contribution in [2.75, 3.05) is 47.1 Å². The van der Waals surface area contributed by atoms with E-state index >= 15 is 0 Å². The molecule has 0 aliphatic heterocycles. The fourth-order valence-corrected chi connectivity index (χ4v) is 1.89. The van der Waals surface area contributed by atoms with E-state index in [1.807, 2.05) is 7.11 Å². The summed E-state index contributed by atoms with van der Waals surface area (Å²) in [6.07, 6.45) is 4.64. The second kappa shape index (κ2) is 8.01. The van der Waals surface area contributed by atoms with Gasteiger partial charge in [-0.15, -0.1) is 0 Å². The van der Waals surface area contributed by atoms with Crippen LogP contribution in [-0.4, -0.2) is 52.7 Å². The molecule has 1 saturated carbocycles. The van der Waals surface area contributed by atoms with Crippen molar-refractivity contribution in [1.29, 1.82) is 0 Å². The molecule has 0 spiro atoms. The summed E-state index contributed by atoms with van der Waals surface area (Å²) >= 11 is 0. The Bertz CT molecular complexity index is 166. The van der Waals surface area contributed by atoms with Gasteiger partial charge in [-0.3, -0.25) is 0 Å². The molecule has 0 bridgehead atoms. The Kier molecular flexibility index (Phi) is 6.96. The Morgan fingerprint density at radius 2 is 1.94 bits per heavy atom. The van der Waals surface area contributed by atoms with Gasteiger partial charge in [-0.2, -0.15) is 0 Å². The van der Waals surface area contributed by atoms with Gasteiger partial charge in [0.15, 0.2) is 0 Å². The molecular weight excluding hydrogens is 206 g/mol. The van der Waals surface area contributed by atoms with E-state index in [1.54, 1.807) is 7.11 Å². The third kappa shape index (κ3) is 4.78. The highest BCUT2D eigenvalue weighted by Gasteiger charge is 2.36. The van der Waals surface area contributed by atoms with Crippen molar-refractivity contribution in [2.45, 2.75) is 31.3 Å². The monoisotopic (exact) mass is 231 g/mol. The number of nitrogens with one attached hydrogen (secondary N) is 1. The fraction of sp³-hybridized carbons (Fsp3) is 1.00. The largest absolute Gasteiger partial charge is 0.385 e. The Morgan fingerprint density at radius 3 is 2.50 bits per heavy atom. The molecule has 4 heteroatoms. The van der Waals surface area contributed by atoms with Gasteiger partial charge >= 0.3 is 0 Å². The van der Waals surface area contributed by atoms with Gasteiger partial charge in [0.25, 0.3) is 0 Å². The lowest BCUT2D eigenvalue weighted by atomic mass is 9.80. The fourth-order valence-electron chi connectivity index (χ4n) is 1.89. The summed E-state index contributed by atoms with van der Waals surface area (Å²) in [6.45, 7) is 4.18. The van der Waals surface area contributed by atoms with E-state index in [0.717, 1.165) is 39.3 Å². The highest BCUT2D eigenvalue weighted by Crippen LogP contribution is 2.34. The van der Waals surface area contributed by atoms with Crippen LogP contribution in [0.5, 0.6) is 0 Å². The minimum atomic E-state index is 0.121. The molecule has 1 aliphatic rings. The van der Waals surface area contributed by atoms with E-state index in [9.17, 15) is 0 Å². The van der Waals surface area contributed by atoms with Crippen LogP contribution < -0.4 is 5.32 Å². The first kappa shape index (κ1) is 13.9. The van der Waals surface area contributed by atoms with Crippen LogP contribution in [0.2, 0.25) is 0 Å². The first-order valence-corrected chi connectivity index (χ1v) is 6.15. The number of hydrogen-bond donors (Lipinski definition) is 1. The van der Waals surface area contributed by atoms with E-state index in [1.165, 1.54) is 19.3 Å². The average Bonchev–Trinajstić information content (AvgIpc) is 2.25. The Balaban J connectivity index is 1.84. The molecule has 0 amide bonds. The standard InChI is InChI=1S/C12H25NO3/c1-14-8-4-9-16-10-7-13-11-12(15-2)5-3-6-12/h13H,3-11H2,1-2H3. The molecule has 1 N–H and O–H groups in total. The topological polar surface area (TPSA) is 39.7 Å². The lowest BCUT2D eigenvalue weighted by Gasteiger charge is -2.40. The Labute approximate surface area is 98.6 Å². The van der Waals surface area contributed by atoms with Crippen LogP contribution in [0.1, 0.15) is 25.7 Å². The van der Waals surface area contributed by atoms with E-state index in [2.05, 4.69) is 5.32 Å². The van der Waals surface area contributed by atoms with Gasteiger partial charge in [0, 0.05) is 40.5 Å². The molecule has 0 atom stereocenters. The molecule has 4 nitrogen and oxygen atoms in total. The predicted octanol–water partition coefficient (Wildman–Crippen LogP) is 1.20. The average molecular weight is 231 g/mol. The zero-order valence-electron chi connectivity index (χ0n) is 10.6. The third-order valence-electron chi connectivity index (χ3n) is 3.21. The summed E-state index contributed by atoms with van der Waals surface area (Å²) in [7, 11) is 3.52. The Morgan fingerprint density at radius 1 is 1.12 bits per heavy atom. The maximum Gasteiger partial charge on any atom is 0.0802 e. The molecule has 0 aromatic heterocycles. The second-order valence-corrected chi connectivity index (χ2v) is 4.38. The molecule has 0 heterocycles. The normalized spacial score (nSPS) is 18.4. The number of ether oxygens (including phenoxy) is 3. The Hall–Kier alpha value is -0.160. The van der Waals surface area contributed by atoms with Gasteiger partial charge in [-0.05, 0) is 25.7 Å². The van der Waals surface area contributed by atoms with E-state index in [0.29, 0.717) is 0 Å². The highest BCUT2D eigenvalue weighted by atomic mass is 16.5. The third-order valence-corrected chi connectivity index (χ3v) is 3.21. The molecule has 1 aliphatic carbocycles. The van der Waals surface area contributed by atoms with Crippen LogP contribution in [0.3, 0.4) is 0 Å². The quantitative estimate of drug-likeness (QED) is 0.573. The molecule has 0 aromatic rings. The predicted molar refractivity (Wildman–Crippen MR) is 63.8 cm³/mol. The molecule has 1 rings (SSSR count). The summed E-state index contributed by atoms with van der Waals surface area (Å²) in [5.41, 5.74) is 0.121. The van der Waals surface area contributed by atoms with Crippen molar-refractivity contribution >= 4 is 0 Å². The maximum atomic E-state index is 5.51. The number of methoxy groups -OCH3 is 2. The van der Waals surface area contributed by atoms with Crippen molar-refractivity contribution in [3.05, 3.63) is 0 Å². The molecule has 0 unspecified atom stereocenters. The summed E-state index contributed by atoms with van der Waals surface area (Å²) < 4.78 is 15.9. The van der Waals surface area contributed by atoms with Gasteiger partial charge < -0.3 is 19.5 Å². The SMILES string of the molecule is COCCCOCCNCC1(OC)CCC1. The minimum absolute atomic E-state index is 0.121. The smallest absolute Gasteiger partial charge is 0.0802 e. The number of hydrogen-bond acceptors (Lipinski definition) is 4. The zero-order valence-corrected chi connectivity index (χ0v) is 10.6. The van der Waals surface area contributed by atoms with Crippen molar-refractivity contribution in [2.24, 2.45) is 0 Å².